The number of fused-ring (bicyclic) bond motifs is 1. The largest absolute Gasteiger partial charge is 0.495 e. The molecule has 1 fully saturated rings. The Hall–Kier alpha value is -3.00. The van der Waals surface area contributed by atoms with Crippen molar-refractivity contribution in [3.63, 3.8) is 0 Å². The van der Waals surface area contributed by atoms with Crippen LogP contribution in [-0.2, 0) is 6.54 Å². The number of aromatic nitrogens is 1. The molecule has 39 heavy (non-hydrogen) atoms. The summed E-state index contributed by atoms with van der Waals surface area (Å²) < 4.78 is 47.2. The number of anilines is 2. The molecule has 0 unspecified atom stereocenters. The lowest BCUT2D eigenvalue weighted by molar-refractivity contribution is -0.140. The second kappa shape index (κ2) is 14.4. The zero-order valence-electron chi connectivity index (χ0n) is 22.8. The minimum atomic E-state index is -4.36. The van der Waals surface area contributed by atoms with Gasteiger partial charge in [0.25, 0.3) is 0 Å². The summed E-state index contributed by atoms with van der Waals surface area (Å²) in [6.45, 7) is -0.822. The number of thioether (sulfide) groups is 1. The molecule has 0 bridgehead atoms. The average molecular weight is 563 g/mol. The quantitative estimate of drug-likeness (QED) is 0.201. The van der Waals surface area contributed by atoms with E-state index >= 15 is 0 Å². The van der Waals surface area contributed by atoms with Gasteiger partial charge in [0, 0.05) is 35.2 Å². The highest BCUT2D eigenvalue weighted by atomic mass is 32.2. The summed E-state index contributed by atoms with van der Waals surface area (Å²) in [5.41, 5.74) is 2.50. The molecule has 0 radical (unpaired) electrons. The van der Waals surface area contributed by atoms with Crippen LogP contribution in [0.3, 0.4) is 0 Å². The summed E-state index contributed by atoms with van der Waals surface area (Å²) in [6, 6.07) is 13.9. The number of methoxy groups -OCH3 is 1. The van der Waals surface area contributed by atoms with Crippen LogP contribution in [0, 0.1) is 11.8 Å². The van der Waals surface area contributed by atoms with Gasteiger partial charge in [-0.1, -0.05) is 12.0 Å². The van der Waals surface area contributed by atoms with E-state index in [9.17, 15) is 13.2 Å². The van der Waals surface area contributed by atoms with Crippen molar-refractivity contribution >= 4 is 34.0 Å². The van der Waals surface area contributed by atoms with Gasteiger partial charge in [-0.15, -0.1) is 11.8 Å². The van der Waals surface area contributed by atoms with Gasteiger partial charge in [0.15, 0.2) is 0 Å². The maximum Gasteiger partial charge on any atom is 0.406 e. The summed E-state index contributed by atoms with van der Waals surface area (Å²) in [6.07, 6.45) is 1.82. The molecule has 4 rings (SSSR count). The number of nitrogens with zero attached hydrogens (tertiary/aromatic N) is 1. The van der Waals surface area contributed by atoms with Crippen LogP contribution < -0.4 is 20.7 Å². The highest BCUT2D eigenvalue weighted by Gasteiger charge is 2.30. The van der Waals surface area contributed by atoms with Crippen LogP contribution in [0.4, 0.5) is 24.5 Å². The molecule has 6 nitrogen and oxygen atoms in total. The van der Waals surface area contributed by atoms with E-state index in [2.05, 4.69) is 27.8 Å². The lowest BCUT2D eigenvalue weighted by Crippen LogP contribution is -2.34. The van der Waals surface area contributed by atoms with Gasteiger partial charge in [0.1, 0.15) is 12.3 Å². The highest BCUT2D eigenvalue weighted by molar-refractivity contribution is 7.98. The fraction of sp³-hybridized carbons (Fsp3) is 0.448. The van der Waals surface area contributed by atoms with E-state index < -0.39 is 12.7 Å². The number of aliphatic hydroxyl groups is 1. The molecule has 0 atom stereocenters. The molecule has 1 aromatic heterocycles. The Morgan fingerprint density at radius 1 is 1.05 bits per heavy atom. The number of ether oxygens (including phenoxy) is 1. The molecule has 4 N–H and O–H groups in total. The number of halogens is 3. The van der Waals surface area contributed by atoms with Gasteiger partial charge in [-0.2, -0.15) is 13.2 Å². The SMILES string of the molecule is CNC1CCC(Nc2cccc3c2cc(C#CCNc2ccc(SC)cc2OC)n3CC(F)(F)F)CC1.CO. The minimum Gasteiger partial charge on any atom is -0.495 e. The van der Waals surface area contributed by atoms with Crippen LogP contribution in [0.25, 0.3) is 10.9 Å². The highest BCUT2D eigenvalue weighted by Crippen LogP contribution is 2.32. The summed E-state index contributed by atoms with van der Waals surface area (Å²) in [5.74, 6) is 6.66. The zero-order chi connectivity index (χ0) is 28.4. The van der Waals surface area contributed by atoms with Crippen LogP contribution in [0.2, 0.25) is 0 Å². The van der Waals surface area contributed by atoms with Crippen molar-refractivity contribution < 1.29 is 23.0 Å². The Morgan fingerprint density at radius 3 is 2.41 bits per heavy atom. The van der Waals surface area contributed by atoms with E-state index in [1.54, 1.807) is 37.1 Å². The van der Waals surface area contributed by atoms with Gasteiger partial charge in [0.2, 0.25) is 0 Å². The van der Waals surface area contributed by atoms with Crippen molar-refractivity contribution in [1.29, 1.82) is 0 Å². The second-order valence-corrected chi connectivity index (χ2v) is 10.1. The number of hydrogen-bond donors (Lipinski definition) is 4. The van der Waals surface area contributed by atoms with Gasteiger partial charge in [-0.25, -0.2) is 0 Å². The Balaban J connectivity index is 0.00000205. The van der Waals surface area contributed by atoms with Crippen LogP contribution in [0.1, 0.15) is 31.4 Å². The van der Waals surface area contributed by atoms with Crippen LogP contribution in [-0.4, -0.2) is 62.0 Å². The predicted octanol–water partition coefficient (Wildman–Crippen LogP) is 5.95. The van der Waals surface area contributed by atoms with Crippen molar-refractivity contribution in [2.45, 2.75) is 55.4 Å². The Labute approximate surface area is 232 Å². The molecular formula is C29H37F3N4O2S. The van der Waals surface area contributed by atoms with Crippen molar-refractivity contribution in [1.82, 2.24) is 9.88 Å². The van der Waals surface area contributed by atoms with E-state index in [-0.39, 0.29) is 6.54 Å². The number of alkyl halides is 3. The standard InChI is InChI=1S/C28H33F3N4OS.CH4O/c1-32-19-9-11-20(12-10-19)34-24-7-4-8-26-23(24)16-21(35(26)18-28(29,30)31)6-5-15-33-25-14-13-22(37-3)17-27(25)36-2;1-2/h4,7-8,13-14,16-17,19-20,32-34H,9-12,15,18H2,1-3H3;2H,1H3. The molecule has 0 aliphatic heterocycles. The van der Waals surface area contributed by atoms with E-state index in [4.69, 9.17) is 9.84 Å². The maximum atomic E-state index is 13.5. The monoisotopic (exact) mass is 562 g/mol. The summed E-state index contributed by atoms with van der Waals surface area (Å²) >= 11 is 1.62. The minimum absolute atomic E-state index is 0.266. The first-order valence-corrected chi connectivity index (χ1v) is 14.1. The Kier molecular flexibility index (Phi) is 11.3. The molecule has 0 amide bonds. The fourth-order valence-corrected chi connectivity index (χ4v) is 5.26. The molecule has 212 valence electrons. The predicted molar refractivity (Wildman–Crippen MR) is 155 cm³/mol. The van der Waals surface area contributed by atoms with Crippen LogP contribution in [0.5, 0.6) is 5.75 Å². The van der Waals surface area contributed by atoms with Crippen LogP contribution in [0.15, 0.2) is 47.4 Å². The molecule has 0 spiro atoms. The third kappa shape index (κ3) is 8.24. The molecule has 1 heterocycles. The van der Waals surface area contributed by atoms with E-state index in [0.717, 1.165) is 54.4 Å². The third-order valence-electron chi connectivity index (χ3n) is 6.77. The van der Waals surface area contributed by atoms with Crippen molar-refractivity contribution in [3.05, 3.63) is 48.2 Å². The number of rotatable bonds is 8. The van der Waals surface area contributed by atoms with Crippen molar-refractivity contribution in [2.24, 2.45) is 0 Å². The van der Waals surface area contributed by atoms with Crippen molar-refractivity contribution in [3.8, 4) is 17.6 Å². The first kappa shape index (κ1) is 30.5. The lowest BCUT2D eigenvalue weighted by atomic mass is 9.91. The molecule has 1 saturated carbocycles. The van der Waals surface area contributed by atoms with Crippen molar-refractivity contribution in [2.75, 3.05) is 44.7 Å². The van der Waals surface area contributed by atoms with Gasteiger partial charge in [-0.3, -0.25) is 0 Å². The summed E-state index contributed by atoms with van der Waals surface area (Å²) in [4.78, 5) is 1.07. The Bertz CT molecular complexity index is 1280. The maximum absolute atomic E-state index is 13.5. The molecular weight excluding hydrogens is 525 g/mol. The van der Waals surface area contributed by atoms with E-state index in [1.807, 2.05) is 37.6 Å². The molecule has 10 heteroatoms. The first-order valence-electron chi connectivity index (χ1n) is 12.8. The smallest absolute Gasteiger partial charge is 0.406 e. The number of benzene rings is 2. The number of aliphatic hydroxyl groups excluding tert-OH is 1. The molecule has 0 saturated heterocycles. The lowest BCUT2D eigenvalue weighted by Gasteiger charge is -2.29. The summed E-state index contributed by atoms with van der Waals surface area (Å²) in [7, 11) is 4.59. The normalized spacial score (nSPS) is 17.0. The molecule has 3 aromatic rings. The fourth-order valence-electron chi connectivity index (χ4n) is 4.83. The third-order valence-corrected chi connectivity index (χ3v) is 7.50. The Morgan fingerprint density at radius 2 is 1.77 bits per heavy atom. The zero-order valence-corrected chi connectivity index (χ0v) is 23.6. The second-order valence-electron chi connectivity index (χ2n) is 9.17. The molecule has 1 aliphatic carbocycles. The van der Waals surface area contributed by atoms with Crippen LogP contribution >= 0.6 is 11.8 Å². The van der Waals surface area contributed by atoms with E-state index in [0.29, 0.717) is 29.0 Å². The van der Waals surface area contributed by atoms with Gasteiger partial charge < -0.3 is 30.4 Å². The van der Waals surface area contributed by atoms with E-state index in [1.165, 1.54) is 4.57 Å². The van der Waals surface area contributed by atoms with Gasteiger partial charge >= 0.3 is 6.18 Å². The summed E-state index contributed by atoms with van der Waals surface area (Å²) in [5, 5.41) is 17.9. The van der Waals surface area contributed by atoms with Gasteiger partial charge in [0.05, 0.1) is 30.6 Å². The average Bonchev–Trinajstić information content (AvgIpc) is 3.29. The molecule has 1 aliphatic rings. The number of hydrogen-bond acceptors (Lipinski definition) is 6. The van der Waals surface area contributed by atoms with Gasteiger partial charge in [-0.05, 0) is 81.3 Å². The molecule has 2 aromatic carbocycles. The number of nitrogens with one attached hydrogen (secondary N) is 3. The first-order chi connectivity index (χ1) is 18.8. The topological polar surface area (TPSA) is 70.5 Å².